The minimum atomic E-state index is -4.35. The second-order valence-corrected chi connectivity index (χ2v) is 6.84. The second-order valence-electron chi connectivity index (χ2n) is 6.84. The van der Waals surface area contributed by atoms with Gasteiger partial charge in [-0.1, -0.05) is 30.3 Å². The summed E-state index contributed by atoms with van der Waals surface area (Å²) in [5.74, 6) is -0.676. The first-order valence-electron chi connectivity index (χ1n) is 9.22. The maximum atomic E-state index is 12.2. The monoisotopic (exact) mass is 388 g/mol. The van der Waals surface area contributed by atoms with Crippen molar-refractivity contribution in [3.63, 3.8) is 0 Å². The van der Waals surface area contributed by atoms with E-state index in [9.17, 15) is 23.1 Å². The van der Waals surface area contributed by atoms with Crippen molar-refractivity contribution in [3.05, 3.63) is 35.9 Å². The number of ether oxygens (including phenoxy) is 1. The zero-order chi connectivity index (χ0) is 19.7. The molecule has 1 amide bonds. The van der Waals surface area contributed by atoms with Gasteiger partial charge in [0.1, 0.15) is 0 Å². The molecule has 0 radical (unpaired) electrons. The number of benzene rings is 1. The molecule has 0 unspecified atom stereocenters. The standard InChI is InChI=1S/C19H27F3N2O3/c20-19(21,22)9-7-18(26)23-16-13-24(11-8-17(16)25)10-4-12-27-14-15-5-2-1-3-6-15/h1-3,5-6,16-17,25H,4,7-14H2,(H,23,26)/t16-,17+/m1/s1. The van der Waals surface area contributed by atoms with Gasteiger partial charge in [0.25, 0.3) is 0 Å². The van der Waals surface area contributed by atoms with E-state index in [1.54, 1.807) is 0 Å². The van der Waals surface area contributed by atoms with Gasteiger partial charge in [-0.05, 0) is 18.4 Å². The molecule has 0 spiro atoms. The lowest BCUT2D eigenvalue weighted by atomic mass is 10.0. The minimum absolute atomic E-state index is 0.428. The third-order valence-corrected chi connectivity index (χ3v) is 4.52. The molecular formula is C19H27F3N2O3. The summed E-state index contributed by atoms with van der Waals surface area (Å²) in [5.41, 5.74) is 1.11. The fraction of sp³-hybridized carbons (Fsp3) is 0.632. The Balaban J connectivity index is 1.64. The summed E-state index contributed by atoms with van der Waals surface area (Å²) in [4.78, 5) is 13.8. The van der Waals surface area contributed by atoms with E-state index in [0.717, 1.165) is 18.5 Å². The Hall–Kier alpha value is -1.64. The van der Waals surface area contributed by atoms with Crippen LogP contribution in [0, 0.1) is 0 Å². The van der Waals surface area contributed by atoms with Crippen LogP contribution >= 0.6 is 0 Å². The number of halogens is 3. The highest BCUT2D eigenvalue weighted by Crippen LogP contribution is 2.21. The van der Waals surface area contributed by atoms with Crippen LogP contribution in [0.4, 0.5) is 13.2 Å². The summed E-state index contributed by atoms with van der Waals surface area (Å²) in [5, 5.41) is 12.5. The number of rotatable bonds is 9. The van der Waals surface area contributed by atoms with E-state index >= 15 is 0 Å². The highest BCUT2D eigenvalue weighted by molar-refractivity contribution is 5.76. The van der Waals surface area contributed by atoms with E-state index in [2.05, 4.69) is 10.2 Å². The molecule has 27 heavy (non-hydrogen) atoms. The van der Waals surface area contributed by atoms with Gasteiger partial charge in [0.05, 0.1) is 25.2 Å². The first kappa shape index (κ1) is 21.7. The number of hydrogen-bond donors (Lipinski definition) is 2. The summed E-state index contributed by atoms with van der Waals surface area (Å²) in [6.07, 6.45) is -5.56. The Kier molecular flexibility index (Phi) is 8.53. The number of nitrogens with one attached hydrogen (secondary N) is 1. The van der Waals surface area contributed by atoms with Crippen molar-refractivity contribution in [3.8, 4) is 0 Å². The fourth-order valence-electron chi connectivity index (χ4n) is 3.04. The lowest BCUT2D eigenvalue weighted by Gasteiger charge is -2.36. The van der Waals surface area contributed by atoms with Crippen LogP contribution in [-0.4, -0.2) is 60.5 Å². The normalized spacial score (nSPS) is 21.2. The molecule has 5 nitrogen and oxygen atoms in total. The van der Waals surface area contributed by atoms with Crippen LogP contribution in [0.15, 0.2) is 30.3 Å². The molecule has 0 aliphatic carbocycles. The van der Waals surface area contributed by atoms with Gasteiger partial charge in [-0.3, -0.25) is 4.79 Å². The highest BCUT2D eigenvalue weighted by atomic mass is 19.4. The lowest BCUT2D eigenvalue weighted by Crippen LogP contribution is -2.55. The van der Waals surface area contributed by atoms with Crippen molar-refractivity contribution in [1.82, 2.24) is 10.2 Å². The summed E-state index contributed by atoms with van der Waals surface area (Å²) >= 11 is 0. The maximum absolute atomic E-state index is 12.2. The summed E-state index contributed by atoms with van der Waals surface area (Å²) in [6, 6.07) is 9.33. The quantitative estimate of drug-likeness (QED) is 0.638. The minimum Gasteiger partial charge on any atom is -0.391 e. The zero-order valence-electron chi connectivity index (χ0n) is 15.3. The van der Waals surface area contributed by atoms with Gasteiger partial charge in [-0.25, -0.2) is 0 Å². The molecule has 2 N–H and O–H groups in total. The van der Waals surface area contributed by atoms with Crippen molar-refractivity contribution in [2.45, 2.75) is 50.6 Å². The van der Waals surface area contributed by atoms with E-state index in [4.69, 9.17) is 4.74 Å². The third kappa shape index (κ3) is 8.73. The molecule has 1 aliphatic heterocycles. The molecule has 1 aliphatic rings. The second kappa shape index (κ2) is 10.6. The summed E-state index contributed by atoms with van der Waals surface area (Å²) < 4.78 is 42.2. The largest absolute Gasteiger partial charge is 0.391 e. The summed E-state index contributed by atoms with van der Waals surface area (Å²) in [6.45, 7) is 3.01. The number of aliphatic hydroxyl groups is 1. The lowest BCUT2D eigenvalue weighted by molar-refractivity contribution is -0.145. The van der Waals surface area contributed by atoms with Gasteiger partial charge >= 0.3 is 6.18 Å². The van der Waals surface area contributed by atoms with E-state index in [1.807, 2.05) is 30.3 Å². The Morgan fingerprint density at radius 1 is 1.30 bits per heavy atom. The summed E-state index contributed by atoms with van der Waals surface area (Å²) in [7, 11) is 0. The van der Waals surface area contributed by atoms with E-state index < -0.39 is 37.1 Å². The third-order valence-electron chi connectivity index (χ3n) is 4.52. The molecule has 1 aromatic rings. The topological polar surface area (TPSA) is 61.8 Å². The molecule has 0 bridgehead atoms. The number of aliphatic hydroxyl groups excluding tert-OH is 1. The first-order valence-corrected chi connectivity index (χ1v) is 9.22. The van der Waals surface area contributed by atoms with Gasteiger partial charge in [0.2, 0.25) is 5.91 Å². The predicted molar refractivity (Wildman–Crippen MR) is 95.0 cm³/mol. The smallest absolute Gasteiger partial charge is 0.389 e. The van der Waals surface area contributed by atoms with Gasteiger partial charge in [-0.2, -0.15) is 13.2 Å². The highest BCUT2D eigenvalue weighted by Gasteiger charge is 2.31. The average Bonchev–Trinajstić information content (AvgIpc) is 2.62. The molecule has 152 valence electrons. The predicted octanol–water partition coefficient (Wildman–Crippen LogP) is 2.49. The molecule has 1 saturated heterocycles. The Morgan fingerprint density at radius 3 is 2.74 bits per heavy atom. The number of hydrogen-bond acceptors (Lipinski definition) is 4. The van der Waals surface area contributed by atoms with Crippen LogP contribution < -0.4 is 5.32 Å². The van der Waals surface area contributed by atoms with E-state index in [1.165, 1.54) is 0 Å². The number of alkyl halides is 3. The van der Waals surface area contributed by atoms with Crippen molar-refractivity contribution < 1.29 is 27.8 Å². The van der Waals surface area contributed by atoms with Crippen LogP contribution in [0.2, 0.25) is 0 Å². The van der Waals surface area contributed by atoms with Gasteiger partial charge in [-0.15, -0.1) is 0 Å². The number of nitrogens with zero attached hydrogens (tertiary/aromatic N) is 1. The molecule has 0 aromatic heterocycles. The van der Waals surface area contributed by atoms with Crippen molar-refractivity contribution >= 4 is 5.91 Å². The van der Waals surface area contributed by atoms with Crippen molar-refractivity contribution in [1.29, 1.82) is 0 Å². The number of amides is 1. The number of likely N-dealkylation sites (tertiary alicyclic amines) is 1. The van der Waals surface area contributed by atoms with Crippen molar-refractivity contribution in [2.75, 3.05) is 26.2 Å². The number of piperidine rings is 1. The van der Waals surface area contributed by atoms with Crippen molar-refractivity contribution in [2.24, 2.45) is 0 Å². The van der Waals surface area contributed by atoms with Crippen LogP contribution in [-0.2, 0) is 16.1 Å². The molecule has 1 fully saturated rings. The first-order chi connectivity index (χ1) is 12.8. The SMILES string of the molecule is O=C(CCC(F)(F)F)N[C@@H]1CN(CCCOCc2ccccc2)CC[C@@H]1O. The molecule has 2 rings (SSSR count). The van der Waals surface area contributed by atoms with Gasteiger partial charge < -0.3 is 20.1 Å². The Morgan fingerprint density at radius 2 is 2.04 bits per heavy atom. The van der Waals surface area contributed by atoms with Crippen LogP contribution in [0.5, 0.6) is 0 Å². The zero-order valence-corrected chi connectivity index (χ0v) is 15.3. The number of carbonyl (C=O) groups excluding carboxylic acids is 1. The molecule has 2 atom stereocenters. The molecule has 1 aromatic carbocycles. The van der Waals surface area contributed by atoms with Crippen LogP contribution in [0.25, 0.3) is 0 Å². The van der Waals surface area contributed by atoms with Gasteiger partial charge in [0, 0.05) is 32.7 Å². The van der Waals surface area contributed by atoms with E-state index in [0.29, 0.717) is 32.7 Å². The average molecular weight is 388 g/mol. The molecule has 8 heteroatoms. The number of carbonyl (C=O) groups is 1. The Bertz CT molecular complexity index is 569. The van der Waals surface area contributed by atoms with Crippen LogP contribution in [0.1, 0.15) is 31.2 Å². The fourth-order valence-corrected chi connectivity index (χ4v) is 3.04. The Labute approximate surface area is 157 Å². The van der Waals surface area contributed by atoms with E-state index in [-0.39, 0.29) is 0 Å². The van der Waals surface area contributed by atoms with Gasteiger partial charge in [0.15, 0.2) is 0 Å². The maximum Gasteiger partial charge on any atom is 0.389 e. The van der Waals surface area contributed by atoms with Crippen LogP contribution in [0.3, 0.4) is 0 Å². The molecular weight excluding hydrogens is 361 g/mol. The molecule has 1 heterocycles. The molecule has 0 saturated carbocycles.